The van der Waals surface area contributed by atoms with Gasteiger partial charge in [0.15, 0.2) is 3.83 Å². The maximum absolute atomic E-state index is 12.6. The molecular weight excluding hydrogens is 379 g/mol. The molecule has 0 spiro atoms. The lowest BCUT2D eigenvalue weighted by Gasteiger charge is -2.08. The third-order valence-electron chi connectivity index (χ3n) is 2.13. The Morgan fingerprint density at radius 3 is 2.22 bits per heavy atom. The van der Waals surface area contributed by atoms with Crippen molar-refractivity contribution < 1.29 is 13.2 Å². The standard InChI is InChI=1S/C11H5ClF3IN2/c12-7-3-1-6(2-4-7)8-5-9(11(13,14)15)18-10(16)17-8/h1-5H. The minimum atomic E-state index is -4.48. The van der Waals surface area contributed by atoms with Gasteiger partial charge in [-0.05, 0) is 18.2 Å². The van der Waals surface area contributed by atoms with Crippen LogP contribution in [0.15, 0.2) is 30.3 Å². The largest absolute Gasteiger partial charge is 0.433 e. The fourth-order valence-electron chi connectivity index (χ4n) is 1.33. The van der Waals surface area contributed by atoms with Crippen LogP contribution < -0.4 is 0 Å². The number of halogens is 5. The normalized spacial score (nSPS) is 11.6. The van der Waals surface area contributed by atoms with Crippen LogP contribution in [0.1, 0.15) is 5.69 Å². The molecule has 0 unspecified atom stereocenters. The second-order valence-electron chi connectivity index (χ2n) is 3.41. The molecule has 0 N–H and O–H groups in total. The summed E-state index contributed by atoms with van der Waals surface area (Å²) in [6.45, 7) is 0. The van der Waals surface area contributed by atoms with Gasteiger partial charge in [-0.3, -0.25) is 0 Å². The summed E-state index contributed by atoms with van der Waals surface area (Å²) in [5.41, 5.74) is -0.171. The summed E-state index contributed by atoms with van der Waals surface area (Å²) < 4.78 is 37.9. The van der Waals surface area contributed by atoms with E-state index in [0.29, 0.717) is 10.6 Å². The SMILES string of the molecule is FC(F)(F)c1cc(-c2ccc(Cl)cc2)nc(I)n1. The molecule has 1 aromatic heterocycles. The van der Waals surface area contributed by atoms with E-state index in [1.54, 1.807) is 46.9 Å². The first kappa shape index (κ1) is 13.5. The molecule has 0 fully saturated rings. The van der Waals surface area contributed by atoms with E-state index in [0.717, 1.165) is 6.07 Å². The van der Waals surface area contributed by atoms with E-state index in [9.17, 15) is 13.2 Å². The van der Waals surface area contributed by atoms with E-state index in [1.807, 2.05) is 0 Å². The van der Waals surface area contributed by atoms with Crippen molar-refractivity contribution >= 4 is 34.2 Å². The van der Waals surface area contributed by atoms with Gasteiger partial charge in [0.05, 0.1) is 5.69 Å². The maximum atomic E-state index is 12.6. The molecule has 7 heteroatoms. The topological polar surface area (TPSA) is 25.8 Å². The number of benzene rings is 1. The number of hydrogen-bond donors (Lipinski definition) is 0. The molecule has 2 rings (SSSR count). The predicted octanol–water partition coefficient (Wildman–Crippen LogP) is 4.42. The first-order chi connectivity index (χ1) is 8.36. The Kier molecular flexibility index (Phi) is 3.76. The molecule has 0 aliphatic carbocycles. The maximum Gasteiger partial charge on any atom is 0.433 e. The Hall–Kier alpha value is -0.890. The molecular formula is C11H5ClF3IN2. The van der Waals surface area contributed by atoms with Crippen molar-refractivity contribution in [3.8, 4) is 11.3 Å². The van der Waals surface area contributed by atoms with Crippen molar-refractivity contribution in [2.24, 2.45) is 0 Å². The number of aromatic nitrogens is 2. The van der Waals surface area contributed by atoms with Crippen molar-refractivity contribution in [3.05, 3.63) is 44.9 Å². The molecule has 0 aliphatic rings. The minimum Gasteiger partial charge on any atom is -0.223 e. The zero-order valence-electron chi connectivity index (χ0n) is 8.67. The van der Waals surface area contributed by atoms with Gasteiger partial charge in [0.25, 0.3) is 0 Å². The summed E-state index contributed by atoms with van der Waals surface area (Å²) in [5, 5.41) is 0.513. The van der Waals surface area contributed by atoms with E-state index in [-0.39, 0.29) is 9.53 Å². The van der Waals surface area contributed by atoms with Crippen LogP contribution in [0, 0.1) is 3.83 Å². The Morgan fingerprint density at radius 1 is 1.06 bits per heavy atom. The van der Waals surface area contributed by atoms with Gasteiger partial charge in [-0.1, -0.05) is 23.7 Å². The quantitative estimate of drug-likeness (QED) is 0.537. The Balaban J connectivity index is 2.52. The minimum absolute atomic E-state index is 0.0485. The molecule has 0 bridgehead atoms. The summed E-state index contributed by atoms with van der Waals surface area (Å²) in [6, 6.07) is 7.34. The van der Waals surface area contributed by atoms with Gasteiger partial charge in [0.1, 0.15) is 5.69 Å². The van der Waals surface area contributed by atoms with Gasteiger partial charge in [0, 0.05) is 33.2 Å². The highest BCUT2D eigenvalue weighted by Gasteiger charge is 2.33. The predicted molar refractivity (Wildman–Crippen MR) is 70.2 cm³/mol. The zero-order valence-corrected chi connectivity index (χ0v) is 11.6. The lowest BCUT2D eigenvalue weighted by molar-refractivity contribution is -0.141. The third kappa shape index (κ3) is 3.11. The molecule has 1 heterocycles. The van der Waals surface area contributed by atoms with Crippen molar-refractivity contribution in [3.63, 3.8) is 0 Å². The Bertz CT molecular complexity index is 569. The summed E-state index contributed by atoms with van der Waals surface area (Å²) in [4.78, 5) is 7.35. The second kappa shape index (κ2) is 5.00. The van der Waals surface area contributed by atoms with E-state index < -0.39 is 11.9 Å². The first-order valence-corrected chi connectivity index (χ1v) is 6.19. The van der Waals surface area contributed by atoms with Gasteiger partial charge in [-0.2, -0.15) is 13.2 Å². The molecule has 0 saturated heterocycles. The van der Waals surface area contributed by atoms with Crippen molar-refractivity contribution in [1.82, 2.24) is 9.97 Å². The molecule has 1 aromatic carbocycles. The molecule has 0 atom stereocenters. The molecule has 94 valence electrons. The lowest BCUT2D eigenvalue weighted by atomic mass is 10.1. The fraction of sp³-hybridized carbons (Fsp3) is 0.0909. The summed E-state index contributed by atoms with van der Waals surface area (Å²) in [7, 11) is 0. The number of rotatable bonds is 1. The smallest absolute Gasteiger partial charge is 0.223 e. The summed E-state index contributed by atoms with van der Waals surface area (Å²) in [6.07, 6.45) is -4.48. The highest BCUT2D eigenvalue weighted by Crippen LogP contribution is 2.30. The number of hydrogen-bond acceptors (Lipinski definition) is 2. The number of alkyl halides is 3. The van der Waals surface area contributed by atoms with E-state index in [1.165, 1.54) is 0 Å². The van der Waals surface area contributed by atoms with Crippen molar-refractivity contribution in [2.45, 2.75) is 6.18 Å². The van der Waals surface area contributed by atoms with Gasteiger partial charge < -0.3 is 0 Å². The highest BCUT2D eigenvalue weighted by molar-refractivity contribution is 14.1. The molecule has 0 amide bonds. The molecule has 0 aliphatic heterocycles. The molecule has 0 radical (unpaired) electrons. The first-order valence-electron chi connectivity index (χ1n) is 4.74. The summed E-state index contributed by atoms with van der Waals surface area (Å²) >= 11 is 7.38. The van der Waals surface area contributed by atoms with Gasteiger partial charge in [-0.25, -0.2) is 9.97 Å². The number of nitrogens with zero attached hydrogens (tertiary/aromatic N) is 2. The van der Waals surface area contributed by atoms with E-state index >= 15 is 0 Å². The zero-order chi connectivity index (χ0) is 13.3. The molecule has 2 nitrogen and oxygen atoms in total. The van der Waals surface area contributed by atoms with Gasteiger partial charge in [-0.15, -0.1) is 0 Å². The van der Waals surface area contributed by atoms with Crippen LogP contribution in [-0.2, 0) is 6.18 Å². The van der Waals surface area contributed by atoms with Crippen LogP contribution in [0.4, 0.5) is 13.2 Å². The highest BCUT2D eigenvalue weighted by atomic mass is 127. The van der Waals surface area contributed by atoms with Crippen molar-refractivity contribution in [2.75, 3.05) is 0 Å². The average Bonchev–Trinajstić information content (AvgIpc) is 2.28. The van der Waals surface area contributed by atoms with Crippen LogP contribution >= 0.6 is 34.2 Å². The molecule has 2 aromatic rings. The summed E-state index contributed by atoms with van der Waals surface area (Å²) in [5.74, 6) is 0. The molecule has 18 heavy (non-hydrogen) atoms. The Labute approximate surface area is 119 Å². The average molecular weight is 385 g/mol. The molecule has 0 saturated carbocycles. The van der Waals surface area contributed by atoms with Crippen molar-refractivity contribution in [1.29, 1.82) is 0 Å². The fourth-order valence-corrected chi connectivity index (χ4v) is 1.98. The Morgan fingerprint density at radius 2 is 1.67 bits per heavy atom. The monoisotopic (exact) mass is 384 g/mol. The van der Waals surface area contributed by atoms with Crippen LogP contribution in [0.25, 0.3) is 11.3 Å². The van der Waals surface area contributed by atoms with Crippen LogP contribution in [0.3, 0.4) is 0 Å². The second-order valence-corrected chi connectivity index (χ2v) is 4.81. The van der Waals surface area contributed by atoms with E-state index in [4.69, 9.17) is 11.6 Å². The lowest BCUT2D eigenvalue weighted by Crippen LogP contribution is -2.10. The third-order valence-corrected chi connectivity index (χ3v) is 2.86. The van der Waals surface area contributed by atoms with Crippen LogP contribution in [0.5, 0.6) is 0 Å². The van der Waals surface area contributed by atoms with E-state index in [2.05, 4.69) is 9.97 Å². The van der Waals surface area contributed by atoms with Crippen LogP contribution in [-0.4, -0.2) is 9.97 Å². The van der Waals surface area contributed by atoms with Gasteiger partial charge in [0.2, 0.25) is 0 Å². The van der Waals surface area contributed by atoms with Crippen LogP contribution in [0.2, 0.25) is 5.02 Å². The van der Waals surface area contributed by atoms with Gasteiger partial charge >= 0.3 is 6.18 Å².